The molecule has 4 nitrogen and oxygen atoms in total. The van der Waals surface area contributed by atoms with Crippen molar-refractivity contribution in [2.24, 2.45) is 0 Å². The molecule has 8 heteroatoms. The number of fused-ring (bicyclic) bond motifs is 1. The summed E-state index contributed by atoms with van der Waals surface area (Å²) in [4.78, 5) is 2.25. The van der Waals surface area contributed by atoms with Crippen LogP contribution in [0, 0.1) is 5.82 Å². The Morgan fingerprint density at radius 1 is 1.17 bits per heavy atom. The van der Waals surface area contributed by atoms with Crippen LogP contribution in [0.3, 0.4) is 0 Å². The van der Waals surface area contributed by atoms with Gasteiger partial charge in [-0.2, -0.15) is 11.3 Å². The van der Waals surface area contributed by atoms with Gasteiger partial charge in [0, 0.05) is 25.7 Å². The van der Waals surface area contributed by atoms with Gasteiger partial charge in [0.1, 0.15) is 5.82 Å². The lowest BCUT2D eigenvalue weighted by Gasteiger charge is -2.35. The van der Waals surface area contributed by atoms with E-state index in [-0.39, 0.29) is 22.5 Å². The highest BCUT2D eigenvalue weighted by Crippen LogP contribution is 2.29. The number of sulfonamides is 1. The second-order valence-electron chi connectivity index (χ2n) is 6.99. The van der Waals surface area contributed by atoms with Gasteiger partial charge in [0.2, 0.25) is 10.0 Å². The molecule has 3 aromatic rings. The van der Waals surface area contributed by atoms with E-state index in [1.165, 1.54) is 17.2 Å². The molecule has 0 bridgehead atoms. The van der Waals surface area contributed by atoms with Crippen LogP contribution < -0.4 is 4.72 Å². The predicted molar refractivity (Wildman–Crippen MR) is 114 cm³/mol. The molecule has 1 N–H and O–H groups in total. The molecule has 0 amide bonds. The average molecular weight is 451 g/mol. The second-order valence-corrected chi connectivity index (χ2v) is 9.94. The van der Waals surface area contributed by atoms with E-state index < -0.39 is 15.8 Å². The van der Waals surface area contributed by atoms with Gasteiger partial charge in [0.15, 0.2) is 0 Å². The maximum Gasteiger partial charge on any atom is 0.240 e. The van der Waals surface area contributed by atoms with Gasteiger partial charge >= 0.3 is 0 Å². The van der Waals surface area contributed by atoms with Crippen molar-refractivity contribution < 1.29 is 12.8 Å². The molecule has 4 rings (SSSR count). The van der Waals surface area contributed by atoms with Gasteiger partial charge in [-0.25, -0.2) is 17.5 Å². The largest absolute Gasteiger partial charge is 0.290 e. The number of thiophene rings is 1. The minimum absolute atomic E-state index is 0.0445. The molecule has 0 saturated heterocycles. The third-order valence-electron chi connectivity index (χ3n) is 5.20. The van der Waals surface area contributed by atoms with Gasteiger partial charge in [0.25, 0.3) is 0 Å². The fourth-order valence-electron chi connectivity index (χ4n) is 3.62. The lowest BCUT2D eigenvalue weighted by molar-refractivity contribution is 0.181. The minimum atomic E-state index is -3.81. The van der Waals surface area contributed by atoms with Crippen molar-refractivity contribution in [2.75, 3.05) is 13.1 Å². The Morgan fingerprint density at radius 3 is 2.69 bits per heavy atom. The van der Waals surface area contributed by atoms with Crippen LogP contribution in [0.5, 0.6) is 0 Å². The van der Waals surface area contributed by atoms with Gasteiger partial charge in [-0.1, -0.05) is 35.9 Å². The van der Waals surface area contributed by atoms with Gasteiger partial charge < -0.3 is 0 Å². The van der Waals surface area contributed by atoms with E-state index in [1.807, 2.05) is 29.0 Å². The van der Waals surface area contributed by atoms with Gasteiger partial charge in [-0.05, 0) is 58.1 Å². The number of hydrogen-bond acceptors (Lipinski definition) is 4. The van der Waals surface area contributed by atoms with Crippen LogP contribution in [0.2, 0.25) is 5.02 Å². The number of halogens is 2. The third kappa shape index (κ3) is 4.54. The van der Waals surface area contributed by atoms with E-state index in [9.17, 15) is 12.8 Å². The molecular formula is C21H20ClFN2O2S2. The predicted octanol–water partition coefficient (Wildman–Crippen LogP) is 4.62. The monoisotopic (exact) mass is 450 g/mol. The normalized spacial score (nSPS) is 15.8. The van der Waals surface area contributed by atoms with Crippen LogP contribution in [0.1, 0.15) is 22.7 Å². The Balaban J connectivity index is 1.55. The van der Waals surface area contributed by atoms with Crippen molar-refractivity contribution in [2.45, 2.75) is 23.9 Å². The van der Waals surface area contributed by atoms with Gasteiger partial charge in [-0.3, -0.25) is 4.90 Å². The van der Waals surface area contributed by atoms with Crippen molar-refractivity contribution in [3.8, 4) is 0 Å². The summed E-state index contributed by atoms with van der Waals surface area (Å²) in [6.07, 6.45) is 0.928. The molecule has 0 spiro atoms. The molecule has 29 heavy (non-hydrogen) atoms. The summed E-state index contributed by atoms with van der Waals surface area (Å²) in [5, 5.41) is 3.83. The zero-order chi connectivity index (χ0) is 20.4. The van der Waals surface area contributed by atoms with Crippen LogP contribution in [0.25, 0.3) is 0 Å². The average Bonchev–Trinajstić information content (AvgIpc) is 3.24. The van der Waals surface area contributed by atoms with Crippen LogP contribution in [0.15, 0.2) is 64.2 Å². The molecule has 1 aliphatic rings. The Hall–Kier alpha value is -1.77. The molecule has 0 fully saturated rings. The molecular weight excluding hydrogens is 431 g/mol. The van der Waals surface area contributed by atoms with Crippen molar-refractivity contribution in [3.05, 3.63) is 86.8 Å². The van der Waals surface area contributed by atoms with Crippen molar-refractivity contribution >= 4 is 33.0 Å². The highest BCUT2D eigenvalue weighted by Gasteiger charge is 2.27. The first-order valence-electron chi connectivity index (χ1n) is 9.22. The fraction of sp³-hybridized carbons (Fsp3) is 0.238. The Bertz CT molecular complexity index is 1100. The molecule has 2 heterocycles. The molecule has 1 atom stereocenters. The first kappa shape index (κ1) is 20.5. The second kappa shape index (κ2) is 8.53. The van der Waals surface area contributed by atoms with Gasteiger partial charge in [-0.15, -0.1) is 0 Å². The van der Waals surface area contributed by atoms with Gasteiger partial charge in [0.05, 0.1) is 9.92 Å². The van der Waals surface area contributed by atoms with E-state index in [0.29, 0.717) is 0 Å². The molecule has 152 valence electrons. The lowest BCUT2D eigenvalue weighted by atomic mass is 9.97. The first-order valence-corrected chi connectivity index (χ1v) is 12.0. The SMILES string of the molecule is O=S(=O)(NCC(c1ccsc1)N1CCc2ccccc2C1)c1ccc(F)c(Cl)c1. The topological polar surface area (TPSA) is 49.4 Å². The standard InChI is InChI=1S/C21H20ClFN2O2S2/c22-19-11-18(5-6-20(19)23)29(26,27)24-12-21(17-8-10-28-14-17)25-9-7-15-3-1-2-4-16(15)13-25/h1-6,8,10-11,14,21,24H,7,9,12-13H2. The maximum atomic E-state index is 13.4. The summed E-state index contributed by atoms with van der Waals surface area (Å²) in [7, 11) is -3.81. The molecule has 1 aliphatic heterocycles. The zero-order valence-electron chi connectivity index (χ0n) is 15.5. The first-order chi connectivity index (χ1) is 13.9. The number of nitrogens with zero attached hydrogens (tertiary/aromatic N) is 1. The third-order valence-corrected chi connectivity index (χ3v) is 7.61. The smallest absolute Gasteiger partial charge is 0.240 e. The molecule has 1 unspecified atom stereocenters. The molecule has 0 aliphatic carbocycles. The van der Waals surface area contributed by atoms with E-state index in [4.69, 9.17) is 11.6 Å². The summed E-state index contributed by atoms with van der Waals surface area (Å²) in [5.41, 5.74) is 3.69. The summed E-state index contributed by atoms with van der Waals surface area (Å²) < 4.78 is 41.6. The number of rotatable bonds is 6. The van der Waals surface area contributed by atoms with E-state index in [1.54, 1.807) is 11.3 Å². The molecule has 0 saturated carbocycles. The van der Waals surface area contributed by atoms with E-state index in [2.05, 4.69) is 21.8 Å². The quantitative estimate of drug-likeness (QED) is 0.596. The Kier molecular flexibility index (Phi) is 6.03. The summed E-state index contributed by atoms with van der Waals surface area (Å²) in [5.74, 6) is -0.645. The fourth-order valence-corrected chi connectivity index (χ4v) is 5.64. The summed E-state index contributed by atoms with van der Waals surface area (Å²) in [6.45, 7) is 1.83. The van der Waals surface area contributed by atoms with E-state index in [0.717, 1.165) is 37.2 Å². The molecule has 2 aromatic carbocycles. The van der Waals surface area contributed by atoms with Crippen LogP contribution in [-0.2, 0) is 23.0 Å². The highest BCUT2D eigenvalue weighted by molar-refractivity contribution is 7.89. The maximum absolute atomic E-state index is 13.4. The van der Waals surface area contributed by atoms with Crippen molar-refractivity contribution in [1.82, 2.24) is 9.62 Å². The minimum Gasteiger partial charge on any atom is -0.290 e. The van der Waals surface area contributed by atoms with Crippen LogP contribution >= 0.6 is 22.9 Å². The van der Waals surface area contributed by atoms with Crippen molar-refractivity contribution in [3.63, 3.8) is 0 Å². The van der Waals surface area contributed by atoms with Crippen LogP contribution in [0.4, 0.5) is 4.39 Å². The Labute approximate surface area is 179 Å². The molecule has 1 aromatic heterocycles. The number of benzene rings is 2. The highest BCUT2D eigenvalue weighted by atomic mass is 35.5. The summed E-state index contributed by atoms with van der Waals surface area (Å²) >= 11 is 7.35. The Morgan fingerprint density at radius 2 is 1.97 bits per heavy atom. The zero-order valence-corrected chi connectivity index (χ0v) is 17.9. The summed E-state index contributed by atoms with van der Waals surface area (Å²) in [6, 6.07) is 13.7. The van der Waals surface area contributed by atoms with Crippen LogP contribution in [-0.4, -0.2) is 26.4 Å². The molecule has 0 radical (unpaired) electrons. The number of nitrogens with one attached hydrogen (secondary N) is 1. The van der Waals surface area contributed by atoms with E-state index >= 15 is 0 Å². The lowest BCUT2D eigenvalue weighted by Crippen LogP contribution is -2.40. The van der Waals surface area contributed by atoms with Crippen molar-refractivity contribution in [1.29, 1.82) is 0 Å². The number of hydrogen-bond donors (Lipinski definition) is 1.